The number of hydrogen-bond acceptors (Lipinski definition) is 4. The maximum atomic E-state index is 13.8. The molecule has 2 aromatic carbocycles. The summed E-state index contributed by atoms with van der Waals surface area (Å²) in [4.78, 5) is 26.1. The third-order valence-electron chi connectivity index (χ3n) is 3.70. The van der Waals surface area contributed by atoms with Gasteiger partial charge in [-0.05, 0) is 17.7 Å². The lowest BCUT2D eigenvalue weighted by Crippen LogP contribution is -2.39. The van der Waals surface area contributed by atoms with E-state index < -0.39 is 11.7 Å². The van der Waals surface area contributed by atoms with E-state index in [4.69, 9.17) is 12.2 Å². The first-order chi connectivity index (χ1) is 12.5. The Hall–Kier alpha value is -2.51. The highest BCUT2D eigenvalue weighted by Gasteiger charge is 2.33. The first-order valence-electron chi connectivity index (χ1n) is 7.85. The Morgan fingerprint density at radius 2 is 1.85 bits per heavy atom. The number of rotatable bonds is 5. The van der Waals surface area contributed by atoms with Gasteiger partial charge in [-0.1, -0.05) is 72.5 Å². The summed E-state index contributed by atoms with van der Waals surface area (Å²) in [5.74, 6) is -1.12. The maximum absolute atomic E-state index is 13.8. The minimum absolute atomic E-state index is 0.161. The van der Waals surface area contributed by atoms with Crippen LogP contribution in [0.5, 0.6) is 0 Å². The molecule has 2 aromatic rings. The number of thioether (sulfide) groups is 1. The molecule has 2 amide bonds. The first-order valence-corrected chi connectivity index (χ1v) is 9.07. The third-order valence-corrected chi connectivity index (χ3v) is 5.08. The fourth-order valence-electron chi connectivity index (χ4n) is 2.37. The van der Waals surface area contributed by atoms with Crippen molar-refractivity contribution in [3.05, 3.63) is 76.4 Å². The van der Waals surface area contributed by atoms with Gasteiger partial charge in [0.1, 0.15) is 16.7 Å². The van der Waals surface area contributed by atoms with Crippen LogP contribution in [0.15, 0.2) is 59.5 Å². The highest BCUT2D eigenvalue weighted by atomic mass is 32.2. The molecule has 0 atom stereocenters. The number of hydrogen-bond donors (Lipinski definition) is 1. The average Bonchev–Trinajstić information content (AvgIpc) is 2.90. The van der Waals surface area contributed by atoms with E-state index in [1.165, 1.54) is 17.0 Å². The zero-order valence-electron chi connectivity index (χ0n) is 13.6. The van der Waals surface area contributed by atoms with Gasteiger partial charge < -0.3 is 5.32 Å². The summed E-state index contributed by atoms with van der Waals surface area (Å²) in [5, 5.41) is 2.76. The molecule has 0 radical (unpaired) electrons. The second kappa shape index (κ2) is 8.25. The molecular weight excluding hydrogens is 371 g/mol. The zero-order chi connectivity index (χ0) is 18.5. The van der Waals surface area contributed by atoms with Gasteiger partial charge in [0.15, 0.2) is 0 Å². The molecule has 3 rings (SSSR count). The summed E-state index contributed by atoms with van der Waals surface area (Å²) in [6.07, 6.45) is 1.45. The topological polar surface area (TPSA) is 49.4 Å². The van der Waals surface area contributed by atoms with E-state index in [0.717, 1.165) is 17.3 Å². The quantitative estimate of drug-likeness (QED) is 0.633. The number of carbonyl (C=O) groups is 2. The van der Waals surface area contributed by atoms with E-state index in [2.05, 4.69) is 5.32 Å². The van der Waals surface area contributed by atoms with Crippen LogP contribution in [0.2, 0.25) is 0 Å². The molecule has 0 spiro atoms. The maximum Gasteiger partial charge on any atom is 0.266 e. The second-order valence-electron chi connectivity index (χ2n) is 5.55. The lowest BCUT2D eigenvalue weighted by atomic mass is 10.2. The number of thiocarbonyl (C=S) groups is 1. The Kier molecular flexibility index (Phi) is 5.80. The molecule has 132 valence electrons. The highest BCUT2D eigenvalue weighted by Crippen LogP contribution is 2.32. The summed E-state index contributed by atoms with van der Waals surface area (Å²) in [6, 6.07) is 15.6. The second-order valence-corrected chi connectivity index (χ2v) is 7.23. The van der Waals surface area contributed by atoms with Gasteiger partial charge in [-0.3, -0.25) is 14.5 Å². The summed E-state index contributed by atoms with van der Waals surface area (Å²) in [7, 11) is 0. The van der Waals surface area contributed by atoms with Gasteiger partial charge in [-0.15, -0.1) is 0 Å². The molecule has 1 aliphatic rings. The van der Waals surface area contributed by atoms with Crippen molar-refractivity contribution in [1.82, 2.24) is 10.2 Å². The van der Waals surface area contributed by atoms with Gasteiger partial charge >= 0.3 is 0 Å². The zero-order valence-corrected chi connectivity index (χ0v) is 15.3. The van der Waals surface area contributed by atoms with Crippen LogP contribution in [0, 0.1) is 5.82 Å². The lowest BCUT2D eigenvalue weighted by Gasteiger charge is -2.14. The number of amides is 2. The van der Waals surface area contributed by atoms with E-state index in [1.807, 2.05) is 30.3 Å². The highest BCUT2D eigenvalue weighted by molar-refractivity contribution is 8.26. The Morgan fingerprint density at radius 1 is 1.15 bits per heavy atom. The Morgan fingerprint density at radius 3 is 2.58 bits per heavy atom. The normalized spacial score (nSPS) is 15.6. The van der Waals surface area contributed by atoms with Crippen LogP contribution in [0.25, 0.3) is 6.08 Å². The predicted molar refractivity (Wildman–Crippen MR) is 105 cm³/mol. The van der Waals surface area contributed by atoms with Crippen LogP contribution < -0.4 is 5.32 Å². The van der Waals surface area contributed by atoms with E-state index in [-0.39, 0.29) is 16.8 Å². The molecular formula is C19H15FN2O2S2. The largest absolute Gasteiger partial charge is 0.350 e. The van der Waals surface area contributed by atoms with Crippen molar-refractivity contribution in [2.45, 2.75) is 6.54 Å². The molecule has 0 bridgehead atoms. The Balaban J connectivity index is 1.64. The van der Waals surface area contributed by atoms with Gasteiger partial charge in [0.05, 0.1) is 4.91 Å². The van der Waals surface area contributed by atoms with Crippen LogP contribution in [0.1, 0.15) is 11.1 Å². The van der Waals surface area contributed by atoms with E-state index in [1.54, 1.807) is 18.2 Å². The summed E-state index contributed by atoms with van der Waals surface area (Å²) < 4.78 is 14.0. The molecule has 0 aromatic heterocycles. The molecule has 0 aliphatic carbocycles. The smallest absolute Gasteiger partial charge is 0.266 e. The summed E-state index contributed by atoms with van der Waals surface area (Å²) in [5.41, 5.74) is 1.27. The molecule has 1 aliphatic heterocycles. The average molecular weight is 386 g/mol. The molecule has 1 heterocycles. The minimum Gasteiger partial charge on any atom is -0.350 e. The van der Waals surface area contributed by atoms with Crippen molar-refractivity contribution in [2.24, 2.45) is 0 Å². The van der Waals surface area contributed by atoms with Crippen molar-refractivity contribution >= 4 is 46.2 Å². The summed E-state index contributed by atoms with van der Waals surface area (Å²) >= 11 is 6.26. The van der Waals surface area contributed by atoms with E-state index >= 15 is 0 Å². The van der Waals surface area contributed by atoms with Crippen molar-refractivity contribution in [2.75, 3.05) is 6.54 Å². The third kappa shape index (κ3) is 4.36. The number of benzene rings is 2. The van der Waals surface area contributed by atoms with Crippen molar-refractivity contribution < 1.29 is 14.0 Å². The molecule has 1 fully saturated rings. The van der Waals surface area contributed by atoms with Gasteiger partial charge in [0.25, 0.3) is 5.91 Å². The first kappa shape index (κ1) is 18.3. The van der Waals surface area contributed by atoms with Crippen LogP contribution in [-0.2, 0) is 16.1 Å². The molecule has 26 heavy (non-hydrogen) atoms. The monoisotopic (exact) mass is 386 g/mol. The fraction of sp³-hybridized carbons (Fsp3) is 0.105. The molecule has 7 heteroatoms. The standard InChI is InChI=1S/C19H15FN2O2S2/c20-15-9-5-4-8-14(15)10-16-18(24)22(19(25)26-16)12-17(23)21-11-13-6-2-1-3-7-13/h1-10H,11-12H2,(H,21,23)/b16-10-. The van der Waals surface area contributed by atoms with Crippen LogP contribution in [0.4, 0.5) is 4.39 Å². The minimum atomic E-state index is -0.418. The Labute approximate surface area is 160 Å². The Bertz CT molecular complexity index is 884. The van der Waals surface area contributed by atoms with Crippen LogP contribution >= 0.6 is 24.0 Å². The number of nitrogens with one attached hydrogen (secondary N) is 1. The van der Waals surface area contributed by atoms with Gasteiger partial charge in [0, 0.05) is 12.1 Å². The van der Waals surface area contributed by atoms with Crippen molar-refractivity contribution in [1.29, 1.82) is 0 Å². The summed E-state index contributed by atoms with van der Waals surface area (Å²) in [6.45, 7) is 0.214. The van der Waals surface area contributed by atoms with E-state index in [9.17, 15) is 14.0 Å². The number of halogens is 1. The van der Waals surface area contributed by atoms with Gasteiger partial charge in [-0.25, -0.2) is 4.39 Å². The molecule has 1 N–H and O–H groups in total. The van der Waals surface area contributed by atoms with Crippen molar-refractivity contribution in [3.63, 3.8) is 0 Å². The SMILES string of the molecule is O=C(CN1C(=O)/C(=C/c2ccccc2F)SC1=S)NCc1ccccc1. The fourth-order valence-corrected chi connectivity index (χ4v) is 3.61. The lowest BCUT2D eigenvalue weighted by molar-refractivity contribution is -0.128. The molecule has 0 unspecified atom stereocenters. The molecule has 1 saturated heterocycles. The van der Waals surface area contributed by atoms with Gasteiger partial charge in [0.2, 0.25) is 5.91 Å². The van der Waals surface area contributed by atoms with Gasteiger partial charge in [-0.2, -0.15) is 0 Å². The predicted octanol–water partition coefficient (Wildman–Crippen LogP) is 3.34. The van der Waals surface area contributed by atoms with Crippen molar-refractivity contribution in [3.8, 4) is 0 Å². The molecule has 4 nitrogen and oxygen atoms in total. The number of carbonyl (C=O) groups excluding carboxylic acids is 2. The van der Waals surface area contributed by atoms with Crippen LogP contribution in [0.3, 0.4) is 0 Å². The van der Waals surface area contributed by atoms with Crippen LogP contribution in [-0.4, -0.2) is 27.6 Å². The molecule has 0 saturated carbocycles. The van der Waals surface area contributed by atoms with E-state index in [0.29, 0.717) is 17.0 Å². The number of nitrogens with zero attached hydrogens (tertiary/aromatic N) is 1.